The fraction of sp³-hybridized carbons (Fsp3) is 0.308. The molecular weight excluding hydrogens is 276 g/mol. The van der Waals surface area contributed by atoms with Crippen molar-refractivity contribution in [2.24, 2.45) is 0 Å². The molecule has 6 nitrogen and oxygen atoms in total. The summed E-state index contributed by atoms with van der Waals surface area (Å²) in [5, 5.41) is 10.5. The van der Waals surface area contributed by atoms with Gasteiger partial charge in [0.2, 0.25) is 0 Å². The number of thiophene rings is 1. The molecule has 0 N–H and O–H groups in total. The van der Waals surface area contributed by atoms with Gasteiger partial charge in [-0.3, -0.25) is 4.68 Å². The highest BCUT2D eigenvalue weighted by Crippen LogP contribution is 2.21. The molecule has 0 spiro atoms. The van der Waals surface area contributed by atoms with Crippen LogP contribution in [0.5, 0.6) is 0 Å². The van der Waals surface area contributed by atoms with Crippen LogP contribution in [0.2, 0.25) is 0 Å². The highest BCUT2D eigenvalue weighted by Gasteiger charge is 2.12. The summed E-state index contributed by atoms with van der Waals surface area (Å²) in [5.41, 5.74) is 0.784. The largest absolute Gasteiger partial charge is 0.437 e. The quantitative estimate of drug-likeness (QED) is 0.740. The second kappa shape index (κ2) is 5.09. The minimum absolute atomic E-state index is 0.291. The normalized spacial score (nSPS) is 11.3. The molecular formula is C13H14N4O2S. The lowest BCUT2D eigenvalue weighted by atomic mass is 10.4. The second-order valence-electron chi connectivity index (χ2n) is 4.69. The van der Waals surface area contributed by atoms with Crippen molar-refractivity contribution < 1.29 is 4.42 Å². The van der Waals surface area contributed by atoms with E-state index in [2.05, 4.69) is 10.2 Å². The van der Waals surface area contributed by atoms with Crippen LogP contribution in [0.4, 0.5) is 0 Å². The lowest BCUT2D eigenvalue weighted by molar-refractivity contribution is 0.487. The van der Waals surface area contributed by atoms with E-state index in [0.29, 0.717) is 18.5 Å². The van der Waals surface area contributed by atoms with E-state index in [1.54, 1.807) is 0 Å². The number of hydrogen-bond donors (Lipinski definition) is 0. The summed E-state index contributed by atoms with van der Waals surface area (Å²) in [6.07, 6.45) is 1.89. The third-order valence-electron chi connectivity index (χ3n) is 2.84. The van der Waals surface area contributed by atoms with E-state index in [9.17, 15) is 4.79 Å². The van der Waals surface area contributed by atoms with Crippen molar-refractivity contribution in [1.29, 1.82) is 0 Å². The SMILES string of the molecule is CC(C)n1ccc(Cn2nc(-c3cccs3)oc2=O)n1. The molecule has 0 aromatic carbocycles. The van der Waals surface area contributed by atoms with E-state index in [1.165, 1.54) is 16.0 Å². The zero-order valence-electron chi connectivity index (χ0n) is 11.2. The van der Waals surface area contributed by atoms with Crippen LogP contribution in [0.25, 0.3) is 10.8 Å². The molecule has 7 heteroatoms. The predicted octanol–water partition coefficient (Wildman–Crippen LogP) is 2.39. The standard InChI is InChI=1S/C13H14N4O2S/c1-9(2)16-6-5-10(14-16)8-17-13(18)19-12(15-17)11-4-3-7-20-11/h3-7,9H,8H2,1-2H3. The van der Waals surface area contributed by atoms with E-state index in [0.717, 1.165) is 10.6 Å². The molecule has 0 fully saturated rings. The maximum absolute atomic E-state index is 11.8. The van der Waals surface area contributed by atoms with Crippen LogP contribution in [0, 0.1) is 0 Å². The van der Waals surface area contributed by atoms with Gasteiger partial charge in [-0.15, -0.1) is 16.4 Å². The molecule has 3 heterocycles. The van der Waals surface area contributed by atoms with Gasteiger partial charge in [0.25, 0.3) is 5.89 Å². The van der Waals surface area contributed by atoms with E-state index >= 15 is 0 Å². The lowest BCUT2D eigenvalue weighted by Gasteiger charge is -2.03. The molecule has 3 aromatic rings. The van der Waals surface area contributed by atoms with Crippen LogP contribution >= 0.6 is 11.3 Å². The third-order valence-corrected chi connectivity index (χ3v) is 3.70. The third kappa shape index (κ3) is 2.44. The molecule has 0 radical (unpaired) electrons. The van der Waals surface area contributed by atoms with Crippen LogP contribution in [0.3, 0.4) is 0 Å². The first-order valence-electron chi connectivity index (χ1n) is 6.29. The van der Waals surface area contributed by atoms with Crippen LogP contribution in [0.1, 0.15) is 25.6 Å². The van der Waals surface area contributed by atoms with Gasteiger partial charge in [-0.25, -0.2) is 4.79 Å². The Labute approximate surface area is 119 Å². The smallest absolute Gasteiger partial charge is 0.387 e. The highest BCUT2D eigenvalue weighted by atomic mass is 32.1. The van der Waals surface area contributed by atoms with Crippen molar-refractivity contribution in [3.05, 3.63) is 46.0 Å². The number of nitrogens with zero attached hydrogens (tertiary/aromatic N) is 4. The van der Waals surface area contributed by atoms with Gasteiger partial charge in [-0.05, 0) is 31.4 Å². The molecule has 0 unspecified atom stereocenters. The maximum atomic E-state index is 11.8. The van der Waals surface area contributed by atoms with Gasteiger partial charge < -0.3 is 4.42 Å². The maximum Gasteiger partial charge on any atom is 0.437 e. The van der Waals surface area contributed by atoms with E-state index in [4.69, 9.17) is 4.42 Å². The number of rotatable bonds is 4. The van der Waals surface area contributed by atoms with Crippen molar-refractivity contribution >= 4 is 11.3 Å². The summed E-state index contributed by atoms with van der Waals surface area (Å²) < 4.78 is 8.30. The molecule has 20 heavy (non-hydrogen) atoms. The molecule has 0 saturated heterocycles. The molecule has 0 amide bonds. The summed E-state index contributed by atoms with van der Waals surface area (Å²) in [4.78, 5) is 12.6. The van der Waals surface area contributed by atoms with Crippen molar-refractivity contribution in [2.45, 2.75) is 26.4 Å². The molecule has 0 bridgehead atoms. The van der Waals surface area contributed by atoms with E-state index in [-0.39, 0.29) is 0 Å². The molecule has 0 aliphatic rings. The molecule has 104 valence electrons. The average molecular weight is 290 g/mol. The molecule has 0 aliphatic heterocycles. The number of hydrogen-bond acceptors (Lipinski definition) is 5. The van der Waals surface area contributed by atoms with Gasteiger partial charge in [-0.1, -0.05) is 6.07 Å². The zero-order valence-corrected chi connectivity index (χ0v) is 12.0. The molecule has 0 saturated carbocycles. The Bertz CT molecular complexity index is 752. The lowest BCUT2D eigenvalue weighted by Crippen LogP contribution is -2.17. The molecule has 0 atom stereocenters. The summed E-state index contributed by atoms with van der Waals surface area (Å²) in [5.74, 6) is -0.110. The zero-order chi connectivity index (χ0) is 14.1. The average Bonchev–Trinajstić information content (AvgIpc) is 3.11. The number of aromatic nitrogens is 4. The Morgan fingerprint density at radius 1 is 1.35 bits per heavy atom. The summed E-state index contributed by atoms with van der Waals surface area (Å²) in [6.45, 7) is 4.41. The van der Waals surface area contributed by atoms with Gasteiger partial charge in [0, 0.05) is 12.2 Å². The fourth-order valence-corrected chi connectivity index (χ4v) is 2.45. The molecule has 3 rings (SSSR count). The minimum atomic E-state index is -0.465. The molecule has 3 aromatic heterocycles. The second-order valence-corrected chi connectivity index (χ2v) is 5.64. The Kier molecular flexibility index (Phi) is 3.27. The van der Waals surface area contributed by atoms with Crippen molar-refractivity contribution in [3.8, 4) is 10.8 Å². The van der Waals surface area contributed by atoms with E-state index < -0.39 is 5.76 Å². The van der Waals surface area contributed by atoms with Crippen molar-refractivity contribution in [1.82, 2.24) is 19.6 Å². The van der Waals surface area contributed by atoms with Crippen molar-refractivity contribution in [3.63, 3.8) is 0 Å². The minimum Gasteiger partial charge on any atom is -0.387 e. The van der Waals surface area contributed by atoms with Gasteiger partial charge in [-0.2, -0.15) is 9.78 Å². The summed E-state index contributed by atoms with van der Waals surface area (Å²) >= 11 is 1.48. The van der Waals surface area contributed by atoms with Crippen LogP contribution < -0.4 is 5.76 Å². The summed E-state index contributed by atoms with van der Waals surface area (Å²) in [6, 6.07) is 5.93. The first kappa shape index (κ1) is 12.9. The predicted molar refractivity (Wildman–Crippen MR) is 75.8 cm³/mol. The summed E-state index contributed by atoms with van der Waals surface area (Å²) in [7, 11) is 0. The highest BCUT2D eigenvalue weighted by molar-refractivity contribution is 7.13. The van der Waals surface area contributed by atoms with Gasteiger partial charge in [0.05, 0.1) is 17.1 Å². The Morgan fingerprint density at radius 3 is 2.85 bits per heavy atom. The Balaban J connectivity index is 1.85. The van der Waals surface area contributed by atoms with Crippen LogP contribution in [-0.4, -0.2) is 19.6 Å². The van der Waals surface area contributed by atoms with Gasteiger partial charge in [0.15, 0.2) is 0 Å². The van der Waals surface area contributed by atoms with Crippen LogP contribution in [-0.2, 0) is 6.54 Å². The Morgan fingerprint density at radius 2 is 2.20 bits per heavy atom. The fourth-order valence-electron chi connectivity index (χ4n) is 1.81. The first-order chi connectivity index (χ1) is 9.63. The molecule has 0 aliphatic carbocycles. The Hall–Kier alpha value is -2.15. The first-order valence-corrected chi connectivity index (χ1v) is 7.17. The topological polar surface area (TPSA) is 65.8 Å². The van der Waals surface area contributed by atoms with Gasteiger partial charge in [0.1, 0.15) is 0 Å². The monoisotopic (exact) mass is 290 g/mol. The van der Waals surface area contributed by atoms with Crippen molar-refractivity contribution in [2.75, 3.05) is 0 Å². The van der Waals surface area contributed by atoms with Crippen LogP contribution in [0.15, 0.2) is 39.0 Å². The van der Waals surface area contributed by atoms with E-state index in [1.807, 2.05) is 48.3 Å². The van der Waals surface area contributed by atoms with Gasteiger partial charge >= 0.3 is 5.76 Å².